The van der Waals surface area contributed by atoms with Crippen LogP contribution in [0.2, 0.25) is 0 Å². The molecule has 0 aromatic heterocycles. The molecule has 35 heavy (non-hydrogen) atoms. The topological polar surface area (TPSA) is 60.9 Å². The highest BCUT2D eigenvalue weighted by Gasteiger charge is 2.42. The highest BCUT2D eigenvalue weighted by atomic mass is 32.2. The Balaban J connectivity index is 1.52. The predicted octanol–water partition coefficient (Wildman–Crippen LogP) is 4.06. The number of rotatable bonds is 6. The van der Waals surface area contributed by atoms with Crippen molar-refractivity contribution in [2.75, 3.05) is 31.1 Å². The number of hydrogen-bond donors (Lipinski definition) is 0. The molecule has 0 spiro atoms. The van der Waals surface area contributed by atoms with E-state index in [1.54, 1.807) is 22.2 Å². The lowest BCUT2D eigenvalue weighted by Crippen LogP contribution is -2.51. The van der Waals surface area contributed by atoms with Crippen molar-refractivity contribution in [3.05, 3.63) is 65.5 Å². The summed E-state index contributed by atoms with van der Waals surface area (Å²) in [6.45, 7) is 8.20. The molecule has 2 atom stereocenters. The predicted molar refractivity (Wildman–Crippen MR) is 137 cm³/mol. The third-order valence-electron chi connectivity index (χ3n) is 7.43. The maximum absolute atomic E-state index is 15.3. The van der Waals surface area contributed by atoms with Gasteiger partial charge in [0.15, 0.2) is 0 Å². The molecule has 2 saturated heterocycles. The fourth-order valence-corrected chi connectivity index (χ4v) is 7.56. The average Bonchev–Trinajstić information content (AvgIpc) is 2.83. The number of nitrogens with zero attached hydrogens (tertiary/aromatic N) is 3. The van der Waals surface area contributed by atoms with Gasteiger partial charge in [-0.15, -0.1) is 0 Å². The number of carbonyl (C=O) groups is 1. The van der Waals surface area contributed by atoms with Crippen molar-refractivity contribution in [2.24, 2.45) is 5.92 Å². The van der Waals surface area contributed by atoms with Gasteiger partial charge in [0.2, 0.25) is 15.9 Å². The van der Waals surface area contributed by atoms with Crippen LogP contribution in [-0.2, 0) is 27.8 Å². The first kappa shape index (κ1) is 25.6. The smallest absolute Gasteiger partial charge is 0.219 e. The summed E-state index contributed by atoms with van der Waals surface area (Å²) in [6.07, 6.45) is 1.86. The minimum Gasteiger partial charge on any atom is -0.368 e. The van der Waals surface area contributed by atoms with E-state index in [2.05, 4.69) is 4.90 Å². The lowest BCUT2D eigenvalue weighted by atomic mass is 9.95. The van der Waals surface area contributed by atoms with E-state index < -0.39 is 15.3 Å². The van der Waals surface area contributed by atoms with Crippen molar-refractivity contribution < 1.29 is 17.6 Å². The third kappa shape index (κ3) is 5.70. The highest BCUT2D eigenvalue weighted by Crippen LogP contribution is 2.34. The lowest BCUT2D eigenvalue weighted by molar-refractivity contribution is -0.129. The van der Waals surface area contributed by atoms with Crippen LogP contribution in [0.4, 0.5) is 10.1 Å². The van der Waals surface area contributed by atoms with Gasteiger partial charge in [0, 0.05) is 56.9 Å². The van der Waals surface area contributed by atoms with Gasteiger partial charge >= 0.3 is 0 Å². The Labute approximate surface area is 208 Å². The van der Waals surface area contributed by atoms with Crippen molar-refractivity contribution in [1.82, 2.24) is 9.21 Å². The molecule has 2 fully saturated rings. The van der Waals surface area contributed by atoms with Gasteiger partial charge in [0.05, 0.1) is 5.25 Å². The van der Waals surface area contributed by atoms with Crippen LogP contribution in [0.25, 0.3) is 0 Å². The fraction of sp³-hybridized carbons (Fsp3) is 0.519. The van der Waals surface area contributed by atoms with Gasteiger partial charge in [-0.05, 0) is 42.9 Å². The standard InChI is InChI=1S/C27H36FN3O3S/c1-20(2)27-12-11-25(17-22-7-5-4-6-8-22)35(33,34)31(27)19-23-9-10-24(18-26(23)28)30-15-13-29(14-16-30)21(3)32/h4-10,18,20,25,27H,11-17,19H2,1-3H3. The van der Waals surface area contributed by atoms with Gasteiger partial charge < -0.3 is 9.80 Å². The van der Waals surface area contributed by atoms with Crippen LogP contribution >= 0.6 is 0 Å². The summed E-state index contributed by atoms with van der Waals surface area (Å²) in [5.41, 5.74) is 2.16. The number of hydrogen-bond acceptors (Lipinski definition) is 4. The summed E-state index contributed by atoms with van der Waals surface area (Å²) in [5, 5.41) is -0.500. The lowest BCUT2D eigenvalue weighted by Gasteiger charge is -2.41. The Kier molecular flexibility index (Phi) is 7.81. The molecule has 0 saturated carbocycles. The molecule has 2 aliphatic heterocycles. The number of carbonyl (C=O) groups excluding carboxylic acids is 1. The molecular formula is C27H36FN3O3S. The molecule has 0 aliphatic carbocycles. The number of anilines is 1. The van der Waals surface area contributed by atoms with Gasteiger partial charge in [0.1, 0.15) is 5.82 Å². The monoisotopic (exact) mass is 501 g/mol. The molecule has 8 heteroatoms. The number of piperazine rings is 1. The van der Waals surface area contributed by atoms with E-state index in [4.69, 9.17) is 0 Å². The molecule has 190 valence electrons. The molecule has 0 bridgehead atoms. The number of halogens is 1. The van der Waals surface area contributed by atoms with E-state index in [9.17, 15) is 13.2 Å². The second-order valence-corrected chi connectivity index (χ2v) is 12.2. The Morgan fingerprint density at radius 2 is 1.71 bits per heavy atom. The molecular weight excluding hydrogens is 465 g/mol. The SMILES string of the molecule is CC(=O)N1CCN(c2ccc(CN3C(C(C)C)CCC(Cc4ccccc4)S3(=O)=O)c(F)c2)CC1. The Morgan fingerprint density at radius 1 is 1.03 bits per heavy atom. The Morgan fingerprint density at radius 3 is 2.31 bits per heavy atom. The zero-order valence-corrected chi connectivity index (χ0v) is 21.7. The van der Waals surface area contributed by atoms with Crippen LogP contribution in [0, 0.1) is 11.7 Å². The van der Waals surface area contributed by atoms with Crippen LogP contribution in [-0.4, -0.2) is 61.0 Å². The first-order valence-corrected chi connectivity index (χ1v) is 14.0. The van der Waals surface area contributed by atoms with Crippen LogP contribution in [0.5, 0.6) is 0 Å². The van der Waals surface area contributed by atoms with E-state index in [0.29, 0.717) is 44.6 Å². The summed E-state index contributed by atoms with van der Waals surface area (Å²) >= 11 is 0. The molecule has 2 unspecified atom stereocenters. The van der Waals surface area contributed by atoms with Crippen LogP contribution < -0.4 is 4.90 Å². The second kappa shape index (κ2) is 10.7. The molecule has 2 aromatic carbocycles. The molecule has 1 amide bonds. The first-order chi connectivity index (χ1) is 16.7. The minimum absolute atomic E-state index is 0.0424. The summed E-state index contributed by atoms with van der Waals surface area (Å²) in [6, 6.07) is 14.6. The van der Waals surface area contributed by atoms with Crippen LogP contribution in [0.3, 0.4) is 0 Å². The molecule has 2 aromatic rings. The van der Waals surface area contributed by atoms with Crippen molar-refractivity contribution in [3.8, 4) is 0 Å². The summed E-state index contributed by atoms with van der Waals surface area (Å²) in [4.78, 5) is 15.4. The van der Waals surface area contributed by atoms with E-state index in [1.165, 1.54) is 6.07 Å². The van der Waals surface area contributed by atoms with Crippen LogP contribution in [0.15, 0.2) is 48.5 Å². The van der Waals surface area contributed by atoms with Crippen molar-refractivity contribution in [3.63, 3.8) is 0 Å². The number of sulfonamides is 1. The van der Waals surface area contributed by atoms with Gasteiger partial charge in [-0.2, -0.15) is 4.31 Å². The van der Waals surface area contributed by atoms with E-state index in [1.807, 2.05) is 50.2 Å². The van der Waals surface area contributed by atoms with Crippen molar-refractivity contribution >= 4 is 21.6 Å². The summed E-state index contributed by atoms with van der Waals surface area (Å²) < 4.78 is 44.3. The molecule has 0 N–H and O–H groups in total. The number of amides is 1. The third-order valence-corrected chi connectivity index (χ3v) is 9.73. The average molecular weight is 502 g/mol. The van der Waals surface area contributed by atoms with Gasteiger partial charge in [-0.1, -0.05) is 50.2 Å². The van der Waals surface area contributed by atoms with Crippen molar-refractivity contribution in [2.45, 2.75) is 57.9 Å². The Hall–Kier alpha value is -2.45. The Bertz CT molecular complexity index is 1130. The maximum atomic E-state index is 15.3. The second-order valence-electron chi connectivity index (χ2n) is 10.1. The quantitative estimate of drug-likeness (QED) is 0.599. The first-order valence-electron chi connectivity index (χ1n) is 12.5. The maximum Gasteiger partial charge on any atom is 0.219 e. The molecule has 0 radical (unpaired) electrons. The molecule has 6 nitrogen and oxygen atoms in total. The largest absolute Gasteiger partial charge is 0.368 e. The van der Waals surface area contributed by atoms with E-state index >= 15 is 4.39 Å². The van der Waals surface area contributed by atoms with Gasteiger partial charge in [-0.3, -0.25) is 4.79 Å². The van der Waals surface area contributed by atoms with Gasteiger partial charge in [0.25, 0.3) is 0 Å². The van der Waals surface area contributed by atoms with E-state index in [-0.39, 0.29) is 30.2 Å². The zero-order chi connectivity index (χ0) is 25.2. The molecule has 2 heterocycles. The summed E-state index contributed by atoms with van der Waals surface area (Å²) in [5.74, 6) is -0.194. The van der Waals surface area contributed by atoms with Crippen LogP contribution in [0.1, 0.15) is 44.7 Å². The minimum atomic E-state index is -3.60. The molecule has 4 rings (SSSR count). The fourth-order valence-electron chi connectivity index (χ4n) is 5.30. The summed E-state index contributed by atoms with van der Waals surface area (Å²) in [7, 11) is -3.60. The van der Waals surface area contributed by atoms with E-state index in [0.717, 1.165) is 17.7 Å². The van der Waals surface area contributed by atoms with Gasteiger partial charge in [-0.25, -0.2) is 12.8 Å². The molecule has 2 aliphatic rings. The highest BCUT2D eigenvalue weighted by molar-refractivity contribution is 7.89. The normalized spacial score (nSPS) is 23.0. The van der Waals surface area contributed by atoms with Crippen molar-refractivity contribution in [1.29, 1.82) is 0 Å². The number of benzene rings is 2. The zero-order valence-electron chi connectivity index (χ0n) is 20.9.